The summed E-state index contributed by atoms with van der Waals surface area (Å²) in [5.74, 6) is -0.0306. The van der Waals surface area contributed by atoms with Gasteiger partial charge in [-0.3, -0.25) is 4.79 Å². The number of nitrogens with one attached hydrogen (secondary N) is 1. The molecule has 2 aliphatic heterocycles. The maximum atomic E-state index is 12.7. The van der Waals surface area contributed by atoms with Crippen LogP contribution in [0.15, 0.2) is 15.4 Å². The molecule has 0 aromatic carbocycles. The van der Waals surface area contributed by atoms with Crippen LogP contribution in [0.4, 0.5) is 0 Å². The Balaban J connectivity index is 1.64. The zero-order valence-electron chi connectivity index (χ0n) is 15.7. The first-order chi connectivity index (χ1) is 12.4. The molecule has 0 bridgehead atoms. The molecular weight excluding hydrogens is 354 g/mol. The molecular formula is C18H29N3O4S. The molecule has 1 aromatic heterocycles. The van der Waals surface area contributed by atoms with Gasteiger partial charge in [0.25, 0.3) is 5.91 Å². The summed E-state index contributed by atoms with van der Waals surface area (Å²) in [7, 11) is -3.58. The van der Waals surface area contributed by atoms with Gasteiger partial charge in [-0.05, 0) is 52.6 Å². The van der Waals surface area contributed by atoms with Crippen molar-refractivity contribution in [3.8, 4) is 0 Å². The van der Waals surface area contributed by atoms with E-state index in [0.29, 0.717) is 13.1 Å². The molecule has 2 aliphatic rings. The molecule has 8 heteroatoms. The van der Waals surface area contributed by atoms with Gasteiger partial charge in [-0.15, -0.1) is 0 Å². The van der Waals surface area contributed by atoms with Crippen LogP contribution >= 0.6 is 0 Å². The third-order valence-electron chi connectivity index (χ3n) is 5.14. The minimum atomic E-state index is -3.58. The summed E-state index contributed by atoms with van der Waals surface area (Å²) in [6.07, 6.45) is 5.43. The molecule has 26 heavy (non-hydrogen) atoms. The number of hydrogen-bond acceptors (Lipinski definition) is 5. The highest BCUT2D eigenvalue weighted by Gasteiger charge is 2.32. The molecule has 2 saturated heterocycles. The Hall–Kier alpha value is -1.38. The highest BCUT2D eigenvalue weighted by molar-refractivity contribution is 7.89. The largest absolute Gasteiger partial charge is 0.455 e. The monoisotopic (exact) mass is 383 g/mol. The molecule has 1 N–H and O–H groups in total. The standard InChI is InChI=1S/C18H29N3O4S/c1-14(13-20-8-4-3-5-9-20)19-18(22)16-12-17(15(2)25-16)26(23,24)21-10-6-7-11-21/h12,14H,3-11,13H2,1-2H3,(H,19,22). The van der Waals surface area contributed by atoms with Crippen LogP contribution in [0.5, 0.6) is 0 Å². The second-order valence-electron chi connectivity index (χ2n) is 7.38. The molecule has 3 rings (SSSR count). The van der Waals surface area contributed by atoms with Gasteiger partial charge in [0.05, 0.1) is 0 Å². The molecule has 0 radical (unpaired) electrons. The molecule has 0 saturated carbocycles. The van der Waals surface area contributed by atoms with Crippen LogP contribution < -0.4 is 5.32 Å². The number of hydrogen-bond donors (Lipinski definition) is 1. The van der Waals surface area contributed by atoms with E-state index in [4.69, 9.17) is 4.42 Å². The van der Waals surface area contributed by atoms with Crippen LogP contribution in [0.1, 0.15) is 55.3 Å². The summed E-state index contributed by atoms with van der Waals surface area (Å²) < 4.78 is 32.4. The Bertz CT molecular complexity index is 732. The average molecular weight is 384 g/mol. The van der Waals surface area contributed by atoms with Crippen molar-refractivity contribution in [2.45, 2.75) is 56.9 Å². The third kappa shape index (κ3) is 4.29. The normalized spacial score (nSPS) is 21.0. The summed E-state index contributed by atoms with van der Waals surface area (Å²) in [5, 5.41) is 2.92. The lowest BCUT2D eigenvalue weighted by Gasteiger charge is -2.29. The van der Waals surface area contributed by atoms with Crippen molar-refractivity contribution in [1.29, 1.82) is 0 Å². The lowest BCUT2D eigenvalue weighted by Crippen LogP contribution is -2.43. The van der Waals surface area contributed by atoms with Crippen LogP contribution in [0.2, 0.25) is 0 Å². The first kappa shape index (κ1) is 19.4. The second kappa shape index (κ2) is 8.10. The van der Waals surface area contributed by atoms with Crippen LogP contribution in [0, 0.1) is 6.92 Å². The Labute approximate surface area is 155 Å². The van der Waals surface area contributed by atoms with Crippen LogP contribution in [0.3, 0.4) is 0 Å². The van der Waals surface area contributed by atoms with E-state index in [0.717, 1.165) is 32.5 Å². The minimum Gasteiger partial charge on any atom is -0.455 e. The molecule has 1 aromatic rings. The Morgan fingerprint density at radius 3 is 2.42 bits per heavy atom. The highest BCUT2D eigenvalue weighted by atomic mass is 32.2. The highest BCUT2D eigenvalue weighted by Crippen LogP contribution is 2.26. The lowest BCUT2D eigenvalue weighted by atomic mass is 10.1. The smallest absolute Gasteiger partial charge is 0.287 e. The van der Waals surface area contributed by atoms with Crippen molar-refractivity contribution in [1.82, 2.24) is 14.5 Å². The number of rotatable bonds is 6. The average Bonchev–Trinajstić information content (AvgIpc) is 3.25. The quantitative estimate of drug-likeness (QED) is 0.812. The number of sulfonamides is 1. The van der Waals surface area contributed by atoms with Gasteiger partial charge in [0.2, 0.25) is 10.0 Å². The molecule has 3 heterocycles. The summed E-state index contributed by atoms with van der Waals surface area (Å²) in [6.45, 7) is 7.55. The summed E-state index contributed by atoms with van der Waals surface area (Å²) in [4.78, 5) is 14.9. The number of carbonyl (C=O) groups excluding carboxylic acids is 1. The van der Waals surface area contributed by atoms with Gasteiger partial charge >= 0.3 is 0 Å². The fourth-order valence-electron chi connectivity index (χ4n) is 3.77. The van der Waals surface area contributed by atoms with E-state index in [9.17, 15) is 13.2 Å². The molecule has 1 unspecified atom stereocenters. The topological polar surface area (TPSA) is 82.9 Å². The molecule has 2 fully saturated rings. The van der Waals surface area contributed by atoms with Gasteiger partial charge in [-0.1, -0.05) is 6.42 Å². The van der Waals surface area contributed by atoms with Crippen molar-refractivity contribution >= 4 is 15.9 Å². The Kier molecular flexibility index (Phi) is 6.04. The molecule has 0 spiro atoms. The van der Waals surface area contributed by atoms with E-state index in [1.165, 1.54) is 29.6 Å². The number of likely N-dealkylation sites (tertiary alicyclic amines) is 1. The van der Waals surface area contributed by atoms with Gasteiger partial charge in [-0.2, -0.15) is 4.31 Å². The SMILES string of the molecule is Cc1oc(C(=O)NC(C)CN2CCCCC2)cc1S(=O)(=O)N1CCCC1. The fraction of sp³-hybridized carbons (Fsp3) is 0.722. The number of furan rings is 1. The van der Waals surface area contributed by atoms with Crippen LogP contribution in [-0.2, 0) is 10.0 Å². The number of carbonyl (C=O) groups is 1. The van der Waals surface area contributed by atoms with Crippen molar-refractivity contribution in [3.63, 3.8) is 0 Å². The summed E-state index contributed by atoms with van der Waals surface area (Å²) in [5.41, 5.74) is 0. The predicted octanol–water partition coefficient (Wildman–Crippen LogP) is 1.98. The molecule has 7 nitrogen and oxygen atoms in total. The zero-order chi connectivity index (χ0) is 18.7. The fourth-order valence-corrected chi connectivity index (χ4v) is 5.45. The van der Waals surface area contributed by atoms with Gasteiger partial charge in [0.1, 0.15) is 10.7 Å². The van der Waals surface area contributed by atoms with Crippen molar-refractivity contribution in [2.24, 2.45) is 0 Å². The number of amides is 1. The Morgan fingerprint density at radius 2 is 1.77 bits per heavy atom. The van der Waals surface area contributed by atoms with Crippen LogP contribution in [-0.4, -0.2) is 62.3 Å². The van der Waals surface area contributed by atoms with Crippen molar-refractivity contribution in [3.05, 3.63) is 17.6 Å². The zero-order valence-corrected chi connectivity index (χ0v) is 16.5. The van der Waals surface area contributed by atoms with Crippen molar-refractivity contribution in [2.75, 3.05) is 32.7 Å². The van der Waals surface area contributed by atoms with E-state index in [1.54, 1.807) is 6.92 Å². The maximum Gasteiger partial charge on any atom is 0.287 e. The number of aryl methyl sites for hydroxylation is 1. The van der Waals surface area contributed by atoms with Gasteiger partial charge in [0, 0.05) is 31.7 Å². The van der Waals surface area contributed by atoms with E-state index < -0.39 is 10.0 Å². The van der Waals surface area contributed by atoms with E-state index in [-0.39, 0.29) is 28.4 Å². The van der Waals surface area contributed by atoms with Gasteiger partial charge in [0.15, 0.2) is 5.76 Å². The molecule has 0 aliphatic carbocycles. The lowest BCUT2D eigenvalue weighted by molar-refractivity contribution is 0.0896. The van der Waals surface area contributed by atoms with Gasteiger partial charge in [-0.25, -0.2) is 8.42 Å². The van der Waals surface area contributed by atoms with E-state index in [1.807, 2.05) is 6.92 Å². The summed E-state index contributed by atoms with van der Waals surface area (Å²) >= 11 is 0. The molecule has 1 atom stereocenters. The third-order valence-corrected chi connectivity index (χ3v) is 7.14. The maximum absolute atomic E-state index is 12.7. The van der Waals surface area contributed by atoms with Crippen molar-refractivity contribution < 1.29 is 17.6 Å². The molecule has 1 amide bonds. The number of piperidine rings is 1. The number of nitrogens with zero attached hydrogens (tertiary/aromatic N) is 2. The van der Waals surface area contributed by atoms with Crippen LogP contribution in [0.25, 0.3) is 0 Å². The van der Waals surface area contributed by atoms with E-state index in [2.05, 4.69) is 10.2 Å². The van der Waals surface area contributed by atoms with Gasteiger partial charge < -0.3 is 14.6 Å². The molecule has 146 valence electrons. The second-order valence-corrected chi connectivity index (χ2v) is 9.28. The first-order valence-electron chi connectivity index (χ1n) is 9.52. The van der Waals surface area contributed by atoms with E-state index >= 15 is 0 Å². The predicted molar refractivity (Wildman–Crippen MR) is 98.7 cm³/mol. The Morgan fingerprint density at radius 1 is 1.15 bits per heavy atom. The summed E-state index contributed by atoms with van der Waals surface area (Å²) in [6, 6.07) is 1.34. The first-order valence-corrected chi connectivity index (χ1v) is 11.0. The minimum absolute atomic E-state index is 0.0235.